The standard InChI is InChI=1S/C20H24ClF2N7O2/c1-19(2,3)32-18(31)29-8-5-15(20(22,23)12-29)27-17-25-10-14(21)16(28-17)13-9-26-30(11-13)7-4-6-24/h9-11,15H,4-5,7-8,12H2,1-3H3,(H,25,27,28). The number of nitrogens with one attached hydrogen (secondary N) is 1. The van der Waals surface area contributed by atoms with Crippen molar-refractivity contribution in [3.05, 3.63) is 23.6 Å². The lowest BCUT2D eigenvalue weighted by atomic mass is 10.0. The predicted molar refractivity (Wildman–Crippen MR) is 113 cm³/mol. The molecule has 1 amide bonds. The van der Waals surface area contributed by atoms with Gasteiger partial charge in [-0.2, -0.15) is 10.4 Å². The third-order valence-electron chi connectivity index (χ3n) is 4.66. The van der Waals surface area contributed by atoms with E-state index in [1.807, 2.05) is 6.07 Å². The quantitative estimate of drug-likeness (QED) is 0.708. The third kappa shape index (κ3) is 5.82. The van der Waals surface area contributed by atoms with E-state index in [1.54, 1.807) is 31.6 Å². The maximum absolute atomic E-state index is 14.8. The van der Waals surface area contributed by atoms with Gasteiger partial charge in [0.2, 0.25) is 5.95 Å². The fraction of sp³-hybridized carbons (Fsp3) is 0.550. The monoisotopic (exact) mass is 467 g/mol. The Kier molecular flexibility index (Phi) is 6.83. The van der Waals surface area contributed by atoms with E-state index in [0.29, 0.717) is 24.2 Å². The van der Waals surface area contributed by atoms with Gasteiger partial charge in [0.25, 0.3) is 5.92 Å². The summed E-state index contributed by atoms with van der Waals surface area (Å²) in [6.45, 7) is 4.78. The maximum Gasteiger partial charge on any atom is 0.410 e. The summed E-state index contributed by atoms with van der Waals surface area (Å²) in [6, 6.07) is 0.764. The van der Waals surface area contributed by atoms with Crippen LogP contribution in [0.4, 0.5) is 19.5 Å². The molecule has 1 N–H and O–H groups in total. The number of alkyl halides is 2. The van der Waals surface area contributed by atoms with Crippen molar-refractivity contribution in [2.75, 3.05) is 18.4 Å². The number of rotatable bonds is 5. The molecule has 172 valence electrons. The minimum atomic E-state index is -3.22. The number of likely N-dealkylation sites (tertiary alicyclic amines) is 1. The number of hydrogen-bond donors (Lipinski definition) is 1. The number of hydrogen-bond acceptors (Lipinski definition) is 7. The normalized spacial score (nSPS) is 18.2. The fourth-order valence-electron chi connectivity index (χ4n) is 3.17. The van der Waals surface area contributed by atoms with Crippen molar-refractivity contribution in [1.82, 2.24) is 24.6 Å². The molecule has 0 aliphatic carbocycles. The molecule has 0 saturated carbocycles. The van der Waals surface area contributed by atoms with Crippen molar-refractivity contribution in [2.45, 2.75) is 57.7 Å². The van der Waals surface area contributed by atoms with Gasteiger partial charge in [-0.1, -0.05) is 11.6 Å². The number of anilines is 1. The Labute approximate surface area is 189 Å². The Bertz CT molecular complexity index is 1020. The van der Waals surface area contributed by atoms with Crippen molar-refractivity contribution < 1.29 is 18.3 Å². The predicted octanol–water partition coefficient (Wildman–Crippen LogP) is 3.96. The van der Waals surface area contributed by atoms with Crippen molar-refractivity contribution >= 4 is 23.6 Å². The molecular weight excluding hydrogens is 444 g/mol. The van der Waals surface area contributed by atoms with Gasteiger partial charge in [-0.15, -0.1) is 0 Å². The molecule has 9 nitrogen and oxygen atoms in total. The highest BCUT2D eigenvalue weighted by Crippen LogP contribution is 2.31. The molecule has 1 fully saturated rings. The first-order valence-corrected chi connectivity index (χ1v) is 10.4. The van der Waals surface area contributed by atoms with E-state index in [1.165, 1.54) is 12.4 Å². The van der Waals surface area contributed by atoms with Crippen molar-refractivity contribution in [3.8, 4) is 17.3 Å². The highest BCUT2D eigenvalue weighted by Gasteiger charge is 2.47. The molecule has 2 aromatic heterocycles. The topological polar surface area (TPSA) is 109 Å². The highest BCUT2D eigenvalue weighted by molar-refractivity contribution is 6.32. The second-order valence-corrected chi connectivity index (χ2v) is 8.85. The minimum Gasteiger partial charge on any atom is -0.444 e. The van der Waals surface area contributed by atoms with Crippen LogP contribution in [-0.2, 0) is 11.3 Å². The van der Waals surface area contributed by atoms with Crippen molar-refractivity contribution in [3.63, 3.8) is 0 Å². The Morgan fingerprint density at radius 2 is 2.19 bits per heavy atom. The Balaban J connectivity index is 1.71. The van der Waals surface area contributed by atoms with E-state index >= 15 is 0 Å². The zero-order valence-electron chi connectivity index (χ0n) is 18.0. The Hall–Kier alpha value is -3.00. The first-order valence-electron chi connectivity index (χ1n) is 10.0. The summed E-state index contributed by atoms with van der Waals surface area (Å²) in [5, 5.41) is 15.8. The second-order valence-electron chi connectivity index (χ2n) is 8.44. The van der Waals surface area contributed by atoms with E-state index in [4.69, 9.17) is 21.6 Å². The van der Waals surface area contributed by atoms with Gasteiger partial charge in [0.05, 0.1) is 54.7 Å². The highest BCUT2D eigenvalue weighted by atomic mass is 35.5. The summed E-state index contributed by atoms with van der Waals surface area (Å²) >= 11 is 6.20. The number of ether oxygens (including phenoxy) is 1. The molecule has 1 unspecified atom stereocenters. The van der Waals surface area contributed by atoms with Crippen LogP contribution in [0.25, 0.3) is 11.3 Å². The number of aryl methyl sites for hydroxylation is 1. The number of carbonyl (C=O) groups excluding carboxylic acids is 1. The van der Waals surface area contributed by atoms with E-state index in [2.05, 4.69) is 20.4 Å². The maximum atomic E-state index is 14.8. The summed E-state index contributed by atoms with van der Waals surface area (Å²) in [7, 11) is 0. The first-order chi connectivity index (χ1) is 15.0. The van der Waals surface area contributed by atoms with Crippen LogP contribution in [0.2, 0.25) is 5.02 Å². The number of nitrogens with zero attached hydrogens (tertiary/aromatic N) is 6. The lowest BCUT2D eigenvalue weighted by Crippen LogP contribution is -2.56. The van der Waals surface area contributed by atoms with Crippen LogP contribution < -0.4 is 5.32 Å². The van der Waals surface area contributed by atoms with E-state index in [-0.39, 0.29) is 23.9 Å². The third-order valence-corrected chi connectivity index (χ3v) is 4.93. The lowest BCUT2D eigenvalue weighted by Gasteiger charge is -2.38. The number of carbonyl (C=O) groups is 1. The number of halogens is 3. The number of piperidine rings is 1. The molecule has 3 heterocycles. The van der Waals surface area contributed by atoms with Gasteiger partial charge in [0.15, 0.2) is 0 Å². The van der Waals surface area contributed by atoms with Gasteiger partial charge < -0.3 is 15.0 Å². The fourth-order valence-corrected chi connectivity index (χ4v) is 3.37. The van der Waals surface area contributed by atoms with E-state index in [9.17, 15) is 13.6 Å². The summed E-state index contributed by atoms with van der Waals surface area (Å²) < 4.78 is 36.3. The van der Waals surface area contributed by atoms with Crippen LogP contribution in [0.1, 0.15) is 33.6 Å². The molecule has 0 spiro atoms. The van der Waals surface area contributed by atoms with Crippen LogP contribution in [0.5, 0.6) is 0 Å². The summed E-state index contributed by atoms with van der Waals surface area (Å²) in [5.41, 5.74) is 0.143. The Morgan fingerprint density at radius 1 is 1.44 bits per heavy atom. The lowest BCUT2D eigenvalue weighted by molar-refractivity contribution is -0.0771. The smallest absolute Gasteiger partial charge is 0.410 e. The zero-order chi connectivity index (χ0) is 23.5. The van der Waals surface area contributed by atoms with Crippen LogP contribution in [-0.4, -0.2) is 61.4 Å². The SMILES string of the molecule is CC(C)(C)OC(=O)N1CCC(Nc2ncc(Cl)c(-c3cnn(CCC#N)c3)n2)C(F)(F)C1. The molecule has 0 bridgehead atoms. The zero-order valence-corrected chi connectivity index (χ0v) is 18.7. The molecular formula is C20H24ClF2N7O2. The van der Waals surface area contributed by atoms with E-state index < -0.39 is 30.2 Å². The first kappa shape index (κ1) is 23.7. The van der Waals surface area contributed by atoms with Crippen molar-refractivity contribution in [2.24, 2.45) is 0 Å². The molecule has 0 aromatic carbocycles. The molecule has 1 aliphatic rings. The average molecular weight is 468 g/mol. The van der Waals surface area contributed by atoms with Crippen LogP contribution in [0.15, 0.2) is 18.6 Å². The van der Waals surface area contributed by atoms with Gasteiger partial charge in [-0.05, 0) is 27.2 Å². The molecule has 1 atom stereocenters. The molecule has 3 rings (SSSR count). The molecule has 0 radical (unpaired) electrons. The average Bonchev–Trinajstić information content (AvgIpc) is 3.16. The molecule has 12 heteroatoms. The van der Waals surface area contributed by atoms with Crippen LogP contribution >= 0.6 is 11.6 Å². The van der Waals surface area contributed by atoms with Crippen LogP contribution in [0.3, 0.4) is 0 Å². The van der Waals surface area contributed by atoms with Gasteiger partial charge in [0, 0.05) is 18.3 Å². The largest absolute Gasteiger partial charge is 0.444 e. The minimum absolute atomic E-state index is 0.00966. The van der Waals surface area contributed by atoms with E-state index in [0.717, 1.165) is 4.90 Å². The number of aromatic nitrogens is 4. The molecule has 1 saturated heterocycles. The number of amides is 1. The van der Waals surface area contributed by atoms with Gasteiger partial charge in [-0.25, -0.2) is 23.5 Å². The Morgan fingerprint density at radius 3 is 2.84 bits per heavy atom. The van der Waals surface area contributed by atoms with Gasteiger partial charge in [-0.3, -0.25) is 4.68 Å². The summed E-state index contributed by atoms with van der Waals surface area (Å²) in [4.78, 5) is 21.5. The molecule has 32 heavy (non-hydrogen) atoms. The van der Waals surface area contributed by atoms with Gasteiger partial charge >= 0.3 is 6.09 Å². The van der Waals surface area contributed by atoms with Gasteiger partial charge in [0.1, 0.15) is 5.60 Å². The number of nitriles is 1. The van der Waals surface area contributed by atoms with Crippen LogP contribution in [0, 0.1) is 11.3 Å². The summed E-state index contributed by atoms with van der Waals surface area (Å²) in [5.74, 6) is -3.23. The summed E-state index contributed by atoms with van der Waals surface area (Å²) in [6.07, 6.45) is 4.04. The molecule has 2 aromatic rings. The second kappa shape index (κ2) is 9.24. The van der Waals surface area contributed by atoms with Crippen molar-refractivity contribution in [1.29, 1.82) is 5.26 Å². The molecule has 1 aliphatic heterocycles.